The van der Waals surface area contributed by atoms with E-state index in [1.165, 1.54) is 31.3 Å². The van der Waals surface area contributed by atoms with Gasteiger partial charge in [0.25, 0.3) is 0 Å². The fourth-order valence-corrected chi connectivity index (χ4v) is 8.65. The summed E-state index contributed by atoms with van der Waals surface area (Å²) >= 11 is 0. The van der Waals surface area contributed by atoms with Crippen molar-refractivity contribution in [1.82, 2.24) is 0 Å². The molecule has 1 heterocycles. The SMILES string of the molecule is CC(C)[C@@H](C)/C=C/[C@@H](C)[C@H]1CC[C@H]2C3=C[C@H](O)[C@]45O[C@H]4[C@@H](O)CC[C@]5(C)[C@H]3CC[C@]12C. The number of fused-ring (bicyclic) bond motifs is 4. The normalized spacial score (nSPS) is 52.7. The molecular weight excluding hydrogens is 384 g/mol. The van der Waals surface area contributed by atoms with Crippen molar-refractivity contribution in [3.8, 4) is 0 Å². The average molecular weight is 429 g/mol. The Morgan fingerprint density at radius 1 is 0.968 bits per heavy atom. The highest BCUT2D eigenvalue weighted by Crippen LogP contribution is 2.72. The van der Waals surface area contributed by atoms with Crippen LogP contribution in [0.25, 0.3) is 0 Å². The van der Waals surface area contributed by atoms with Gasteiger partial charge in [-0.3, -0.25) is 0 Å². The van der Waals surface area contributed by atoms with E-state index in [1.807, 2.05) is 0 Å². The number of rotatable bonds is 4. The third-order valence-electron chi connectivity index (χ3n) is 11.0. The summed E-state index contributed by atoms with van der Waals surface area (Å²) in [6.07, 6.45) is 12.8. The van der Waals surface area contributed by atoms with Crippen molar-refractivity contribution >= 4 is 0 Å². The van der Waals surface area contributed by atoms with E-state index >= 15 is 0 Å². The monoisotopic (exact) mass is 428 g/mol. The van der Waals surface area contributed by atoms with Crippen molar-refractivity contribution in [2.75, 3.05) is 0 Å². The third-order valence-corrected chi connectivity index (χ3v) is 11.0. The molecule has 2 N–H and O–H groups in total. The molecule has 11 atom stereocenters. The number of hydrogen-bond donors (Lipinski definition) is 2. The van der Waals surface area contributed by atoms with Crippen LogP contribution in [0.3, 0.4) is 0 Å². The van der Waals surface area contributed by atoms with Crippen LogP contribution in [0.2, 0.25) is 0 Å². The molecule has 0 amide bonds. The summed E-state index contributed by atoms with van der Waals surface area (Å²) in [6.45, 7) is 14.3. The molecule has 3 nitrogen and oxygen atoms in total. The number of allylic oxidation sites excluding steroid dienone is 3. The number of hydrogen-bond acceptors (Lipinski definition) is 3. The highest BCUT2D eigenvalue weighted by Gasteiger charge is 2.78. The molecule has 1 aliphatic heterocycles. The second-order valence-electron chi connectivity index (χ2n) is 12.6. The smallest absolute Gasteiger partial charge is 0.133 e. The quantitative estimate of drug-likeness (QED) is 0.458. The molecule has 0 unspecified atom stereocenters. The second kappa shape index (κ2) is 7.18. The standard InChI is InChI=1S/C28H44O3/c1-16(2)17(3)7-8-18(4)20-9-10-21-19-15-24(30)28-25(31-28)23(29)12-14-27(28,6)22(19)11-13-26(20,21)5/h7-8,15-18,20-25,29-30H,9-14H2,1-6H3/b8-7+/t17-,18+,20+,21-,22-,23-,24-,25-,26+,27+,28-/m0/s1. The highest BCUT2D eigenvalue weighted by atomic mass is 16.6. The molecule has 5 aliphatic rings. The lowest BCUT2D eigenvalue weighted by Gasteiger charge is -2.57. The average Bonchev–Trinajstić information content (AvgIpc) is 3.40. The molecule has 31 heavy (non-hydrogen) atoms. The molecule has 0 aromatic carbocycles. The van der Waals surface area contributed by atoms with Crippen LogP contribution in [0.15, 0.2) is 23.8 Å². The predicted octanol–water partition coefficient (Wildman–Crippen LogP) is 5.51. The highest BCUT2D eigenvalue weighted by molar-refractivity contribution is 5.38. The Kier molecular flexibility index (Phi) is 5.13. The van der Waals surface area contributed by atoms with E-state index in [0.717, 1.165) is 12.8 Å². The van der Waals surface area contributed by atoms with Gasteiger partial charge in [-0.05, 0) is 79.4 Å². The Balaban J connectivity index is 1.42. The van der Waals surface area contributed by atoms with Gasteiger partial charge in [-0.1, -0.05) is 65.3 Å². The Labute approximate surface area is 189 Å². The molecule has 4 aliphatic carbocycles. The molecule has 0 radical (unpaired) electrons. The van der Waals surface area contributed by atoms with E-state index in [2.05, 4.69) is 59.8 Å². The Morgan fingerprint density at radius 2 is 1.71 bits per heavy atom. The van der Waals surface area contributed by atoms with E-state index < -0.39 is 17.8 Å². The van der Waals surface area contributed by atoms with Crippen LogP contribution in [0.5, 0.6) is 0 Å². The van der Waals surface area contributed by atoms with Gasteiger partial charge in [-0.15, -0.1) is 0 Å². The van der Waals surface area contributed by atoms with Gasteiger partial charge in [0.15, 0.2) is 0 Å². The first-order chi connectivity index (χ1) is 14.6. The molecule has 1 saturated heterocycles. The van der Waals surface area contributed by atoms with Gasteiger partial charge in [0.05, 0.1) is 6.10 Å². The minimum atomic E-state index is -0.575. The first-order valence-corrected chi connectivity index (χ1v) is 13.0. The van der Waals surface area contributed by atoms with Gasteiger partial charge in [-0.2, -0.15) is 0 Å². The second-order valence-corrected chi connectivity index (χ2v) is 12.6. The van der Waals surface area contributed by atoms with Gasteiger partial charge >= 0.3 is 0 Å². The van der Waals surface area contributed by atoms with Crippen LogP contribution in [0, 0.1) is 46.3 Å². The summed E-state index contributed by atoms with van der Waals surface area (Å²) in [5, 5.41) is 21.7. The summed E-state index contributed by atoms with van der Waals surface area (Å²) in [5.74, 6) is 3.72. The minimum Gasteiger partial charge on any atom is -0.390 e. The van der Waals surface area contributed by atoms with E-state index in [9.17, 15) is 10.2 Å². The van der Waals surface area contributed by atoms with E-state index in [0.29, 0.717) is 40.9 Å². The molecule has 0 aromatic heterocycles. The molecule has 0 aromatic rings. The van der Waals surface area contributed by atoms with Crippen molar-refractivity contribution in [3.63, 3.8) is 0 Å². The molecule has 3 heteroatoms. The van der Waals surface area contributed by atoms with Gasteiger partial charge < -0.3 is 14.9 Å². The maximum atomic E-state index is 11.3. The first kappa shape index (κ1) is 22.2. The predicted molar refractivity (Wildman–Crippen MR) is 124 cm³/mol. The summed E-state index contributed by atoms with van der Waals surface area (Å²) in [4.78, 5) is 0. The van der Waals surface area contributed by atoms with Crippen molar-refractivity contribution in [1.29, 1.82) is 0 Å². The van der Waals surface area contributed by atoms with Crippen molar-refractivity contribution in [2.24, 2.45) is 46.3 Å². The number of ether oxygens (including phenoxy) is 1. The lowest BCUT2D eigenvalue weighted by atomic mass is 9.47. The Morgan fingerprint density at radius 3 is 2.42 bits per heavy atom. The summed E-state index contributed by atoms with van der Waals surface area (Å²) in [7, 11) is 0. The van der Waals surface area contributed by atoms with Crippen LogP contribution < -0.4 is 0 Å². The van der Waals surface area contributed by atoms with E-state index in [4.69, 9.17) is 4.74 Å². The van der Waals surface area contributed by atoms with Crippen LogP contribution in [0.1, 0.15) is 80.1 Å². The lowest BCUT2D eigenvalue weighted by molar-refractivity contribution is -0.0665. The summed E-state index contributed by atoms with van der Waals surface area (Å²) < 4.78 is 6.16. The van der Waals surface area contributed by atoms with Gasteiger partial charge in [-0.25, -0.2) is 0 Å². The van der Waals surface area contributed by atoms with Crippen LogP contribution in [-0.2, 0) is 4.74 Å². The van der Waals surface area contributed by atoms with Crippen LogP contribution >= 0.6 is 0 Å². The summed E-state index contributed by atoms with van der Waals surface area (Å²) in [5.41, 5.74) is 1.28. The number of aliphatic hydroxyl groups is 2. The topological polar surface area (TPSA) is 53.0 Å². The largest absolute Gasteiger partial charge is 0.390 e. The Hall–Kier alpha value is -0.640. The van der Waals surface area contributed by atoms with Crippen molar-refractivity contribution in [3.05, 3.63) is 23.8 Å². The maximum absolute atomic E-state index is 11.3. The molecule has 5 rings (SSSR count). The molecular formula is C28H44O3. The lowest BCUT2D eigenvalue weighted by Crippen LogP contribution is -2.60. The van der Waals surface area contributed by atoms with Crippen molar-refractivity contribution in [2.45, 2.75) is 104 Å². The zero-order chi connectivity index (χ0) is 22.3. The molecule has 3 saturated carbocycles. The maximum Gasteiger partial charge on any atom is 0.133 e. The number of aliphatic hydroxyl groups excluding tert-OH is 2. The molecule has 0 bridgehead atoms. The van der Waals surface area contributed by atoms with Crippen LogP contribution in [0.4, 0.5) is 0 Å². The number of epoxide rings is 1. The zero-order valence-corrected chi connectivity index (χ0v) is 20.5. The van der Waals surface area contributed by atoms with Gasteiger partial charge in [0, 0.05) is 5.41 Å². The van der Waals surface area contributed by atoms with Gasteiger partial charge in [0.2, 0.25) is 0 Å². The fourth-order valence-electron chi connectivity index (χ4n) is 8.65. The van der Waals surface area contributed by atoms with Crippen molar-refractivity contribution < 1.29 is 14.9 Å². The Bertz CT molecular complexity index is 785. The summed E-state index contributed by atoms with van der Waals surface area (Å²) in [6, 6.07) is 0. The molecule has 174 valence electrons. The van der Waals surface area contributed by atoms with E-state index in [1.54, 1.807) is 0 Å². The third kappa shape index (κ3) is 2.88. The fraction of sp³-hybridized carbons (Fsp3) is 0.857. The zero-order valence-electron chi connectivity index (χ0n) is 20.5. The first-order valence-electron chi connectivity index (χ1n) is 13.0. The minimum absolute atomic E-state index is 0.0436. The van der Waals surface area contributed by atoms with E-state index in [-0.39, 0.29) is 11.5 Å². The molecule has 1 spiro atoms. The van der Waals surface area contributed by atoms with Crippen LogP contribution in [-0.4, -0.2) is 34.1 Å². The molecule has 4 fully saturated rings. The van der Waals surface area contributed by atoms with Gasteiger partial charge in [0.1, 0.15) is 17.8 Å².